The minimum Gasteiger partial charge on any atom is -0.379 e. The standard InChI is InChI=1S/C26H31ClN4O2S/c1-19-15-21-16-22(25(32)29-24(21)17-23(19)27)18-31(10-9-30-11-13-33-14-12-30)26(34)28-8-7-20-5-3-2-4-6-20/h2-6,15-17H,7-14,18H2,1H3,(H,28,34)(H,29,32). The Hall–Kier alpha value is -2.45. The summed E-state index contributed by atoms with van der Waals surface area (Å²) in [6, 6.07) is 16.1. The first-order valence-electron chi connectivity index (χ1n) is 11.7. The Morgan fingerprint density at radius 2 is 1.97 bits per heavy atom. The summed E-state index contributed by atoms with van der Waals surface area (Å²) in [6.45, 7) is 8.08. The summed E-state index contributed by atoms with van der Waals surface area (Å²) < 4.78 is 5.47. The van der Waals surface area contributed by atoms with Gasteiger partial charge in [-0.15, -0.1) is 0 Å². The van der Waals surface area contributed by atoms with Crippen LogP contribution in [0.15, 0.2) is 53.3 Å². The lowest BCUT2D eigenvalue weighted by atomic mass is 10.1. The topological polar surface area (TPSA) is 60.6 Å². The van der Waals surface area contributed by atoms with Crippen LogP contribution in [0.4, 0.5) is 0 Å². The molecule has 0 radical (unpaired) electrons. The first-order valence-corrected chi connectivity index (χ1v) is 12.5. The number of aryl methyl sites for hydroxylation is 1. The quantitative estimate of drug-likeness (QED) is 0.461. The smallest absolute Gasteiger partial charge is 0.253 e. The van der Waals surface area contributed by atoms with Crippen LogP contribution in [0, 0.1) is 6.92 Å². The number of aromatic nitrogens is 1. The van der Waals surface area contributed by atoms with Crippen LogP contribution in [0.3, 0.4) is 0 Å². The number of thiocarbonyl (C=S) groups is 1. The van der Waals surface area contributed by atoms with E-state index in [2.05, 4.69) is 32.2 Å². The number of hydrogen-bond donors (Lipinski definition) is 2. The van der Waals surface area contributed by atoms with Crippen LogP contribution in [-0.4, -0.2) is 65.8 Å². The van der Waals surface area contributed by atoms with Crippen LogP contribution < -0.4 is 10.9 Å². The molecule has 3 aromatic rings. The Balaban J connectivity index is 1.48. The van der Waals surface area contributed by atoms with Gasteiger partial charge in [0, 0.05) is 48.8 Å². The van der Waals surface area contributed by atoms with Gasteiger partial charge in [-0.2, -0.15) is 0 Å². The Labute approximate surface area is 210 Å². The van der Waals surface area contributed by atoms with E-state index in [1.165, 1.54) is 5.56 Å². The number of nitrogens with one attached hydrogen (secondary N) is 2. The summed E-state index contributed by atoms with van der Waals surface area (Å²) >= 11 is 12.0. The van der Waals surface area contributed by atoms with Crippen molar-refractivity contribution in [1.82, 2.24) is 20.1 Å². The molecule has 1 fully saturated rings. The predicted octanol–water partition coefficient (Wildman–Crippen LogP) is 3.74. The van der Waals surface area contributed by atoms with Crippen LogP contribution in [-0.2, 0) is 17.7 Å². The number of nitrogens with zero attached hydrogens (tertiary/aromatic N) is 2. The van der Waals surface area contributed by atoms with E-state index in [1.54, 1.807) is 0 Å². The molecule has 0 atom stereocenters. The third-order valence-corrected chi connectivity index (χ3v) is 6.98. The van der Waals surface area contributed by atoms with Crippen LogP contribution in [0.25, 0.3) is 10.9 Å². The summed E-state index contributed by atoms with van der Waals surface area (Å²) in [5, 5.41) is 5.67. The summed E-state index contributed by atoms with van der Waals surface area (Å²) in [6.07, 6.45) is 0.884. The van der Waals surface area contributed by atoms with Gasteiger partial charge in [0.25, 0.3) is 5.56 Å². The zero-order chi connectivity index (χ0) is 23.9. The van der Waals surface area contributed by atoms with E-state index >= 15 is 0 Å². The summed E-state index contributed by atoms with van der Waals surface area (Å²) in [4.78, 5) is 20.3. The van der Waals surface area contributed by atoms with Gasteiger partial charge in [-0.05, 0) is 60.3 Å². The molecule has 2 heterocycles. The third-order valence-electron chi connectivity index (χ3n) is 6.17. The van der Waals surface area contributed by atoms with Crippen LogP contribution in [0.5, 0.6) is 0 Å². The van der Waals surface area contributed by atoms with E-state index < -0.39 is 0 Å². The Kier molecular flexibility index (Phi) is 8.56. The highest BCUT2D eigenvalue weighted by Crippen LogP contribution is 2.22. The number of rotatable bonds is 8. The van der Waals surface area contributed by atoms with Crippen molar-refractivity contribution in [2.45, 2.75) is 19.9 Å². The number of hydrogen-bond acceptors (Lipinski definition) is 4. The average molecular weight is 499 g/mol. The molecule has 8 heteroatoms. The van der Waals surface area contributed by atoms with Crippen molar-refractivity contribution in [1.29, 1.82) is 0 Å². The van der Waals surface area contributed by atoms with Crippen molar-refractivity contribution in [2.75, 3.05) is 45.9 Å². The largest absolute Gasteiger partial charge is 0.379 e. The molecular formula is C26H31ClN4O2S. The third kappa shape index (κ3) is 6.57. The van der Waals surface area contributed by atoms with Gasteiger partial charge in [0.1, 0.15) is 0 Å². The van der Waals surface area contributed by atoms with Gasteiger partial charge < -0.3 is 19.9 Å². The minimum absolute atomic E-state index is 0.115. The van der Waals surface area contributed by atoms with Gasteiger partial charge in [-0.3, -0.25) is 9.69 Å². The van der Waals surface area contributed by atoms with Crippen molar-refractivity contribution in [3.8, 4) is 0 Å². The first kappa shape index (κ1) is 24.7. The lowest BCUT2D eigenvalue weighted by molar-refractivity contribution is 0.0357. The molecule has 1 aliphatic heterocycles. The zero-order valence-corrected chi connectivity index (χ0v) is 21.1. The molecule has 0 amide bonds. The van der Waals surface area contributed by atoms with Crippen molar-refractivity contribution in [2.24, 2.45) is 0 Å². The fraction of sp³-hybridized carbons (Fsp3) is 0.385. The van der Waals surface area contributed by atoms with Crippen molar-refractivity contribution >= 4 is 39.8 Å². The molecule has 34 heavy (non-hydrogen) atoms. The maximum atomic E-state index is 12.9. The second-order valence-corrected chi connectivity index (χ2v) is 9.45. The summed E-state index contributed by atoms with van der Waals surface area (Å²) in [5.74, 6) is 0. The molecule has 1 saturated heterocycles. The second-order valence-electron chi connectivity index (χ2n) is 8.66. The van der Waals surface area contributed by atoms with Crippen molar-refractivity contribution in [3.05, 3.63) is 80.6 Å². The van der Waals surface area contributed by atoms with Gasteiger partial charge in [-0.25, -0.2) is 0 Å². The number of fused-ring (bicyclic) bond motifs is 1. The molecular weight excluding hydrogens is 468 g/mol. The van der Waals surface area contributed by atoms with E-state index in [0.29, 0.717) is 22.2 Å². The monoisotopic (exact) mass is 498 g/mol. The van der Waals surface area contributed by atoms with Gasteiger partial charge in [0.2, 0.25) is 0 Å². The van der Waals surface area contributed by atoms with Crippen molar-refractivity contribution < 1.29 is 4.74 Å². The predicted molar refractivity (Wildman–Crippen MR) is 143 cm³/mol. The Bertz CT molecular complexity index is 1180. The molecule has 0 spiro atoms. The fourth-order valence-electron chi connectivity index (χ4n) is 4.12. The number of benzene rings is 2. The summed E-state index contributed by atoms with van der Waals surface area (Å²) in [7, 11) is 0. The molecule has 0 unspecified atom stereocenters. The molecule has 180 valence electrons. The molecule has 0 aliphatic carbocycles. The van der Waals surface area contributed by atoms with Gasteiger partial charge >= 0.3 is 0 Å². The van der Waals surface area contributed by atoms with Crippen LogP contribution in [0.2, 0.25) is 5.02 Å². The maximum absolute atomic E-state index is 12.9. The lowest BCUT2D eigenvalue weighted by Gasteiger charge is -2.31. The van der Waals surface area contributed by atoms with Crippen LogP contribution in [0.1, 0.15) is 16.7 Å². The molecule has 0 bridgehead atoms. The molecule has 2 N–H and O–H groups in total. The van der Waals surface area contributed by atoms with Crippen LogP contribution >= 0.6 is 23.8 Å². The average Bonchev–Trinajstić information content (AvgIpc) is 2.84. The zero-order valence-electron chi connectivity index (χ0n) is 19.5. The highest BCUT2D eigenvalue weighted by atomic mass is 35.5. The van der Waals surface area contributed by atoms with Gasteiger partial charge in [0.05, 0.1) is 19.8 Å². The highest BCUT2D eigenvalue weighted by molar-refractivity contribution is 7.80. The molecule has 0 saturated carbocycles. The lowest BCUT2D eigenvalue weighted by Crippen LogP contribution is -2.46. The number of pyridine rings is 1. The van der Waals surface area contributed by atoms with E-state index in [0.717, 1.165) is 68.8 Å². The van der Waals surface area contributed by atoms with Crippen molar-refractivity contribution in [3.63, 3.8) is 0 Å². The number of ether oxygens (including phenoxy) is 1. The van der Waals surface area contributed by atoms with E-state index in [9.17, 15) is 4.79 Å². The van der Waals surface area contributed by atoms with Gasteiger partial charge in [-0.1, -0.05) is 41.9 Å². The second kappa shape index (κ2) is 11.8. The Morgan fingerprint density at radius 1 is 1.21 bits per heavy atom. The van der Waals surface area contributed by atoms with E-state index in [4.69, 9.17) is 28.6 Å². The first-order chi connectivity index (χ1) is 16.5. The van der Waals surface area contributed by atoms with Gasteiger partial charge in [0.15, 0.2) is 5.11 Å². The number of halogens is 1. The SMILES string of the molecule is Cc1cc2cc(CN(CCN3CCOCC3)C(=S)NCCc3ccccc3)c(=O)[nH]c2cc1Cl. The summed E-state index contributed by atoms with van der Waals surface area (Å²) in [5.41, 5.74) is 3.55. The normalized spacial score (nSPS) is 14.3. The highest BCUT2D eigenvalue weighted by Gasteiger charge is 2.17. The Morgan fingerprint density at radius 3 is 2.74 bits per heavy atom. The molecule has 2 aromatic carbocycles. The van der Waals surface area contributed by atoms with E-state index in [1.807, 2.05) is 43.3 Å². The van der Waals surface area contributed by atoms with E-state index in [-0.39, 0.29) is 5.56 Å². The molecule has 4 rings (SSSR count). The number of H-pyrrole nitrogens is 1. The maximum Gasteiger partial charge on any atom is 0.253 e. The molecule has 6 nitrogen and oxygen atoms in total. The molecule has 1 aromatic heterocycles. The number of morpholine rings is 1. The number of aromatic amines is 1. The fourth-order valence-corrected chi connectivity index (χ4v) is 4.54. The minimum atomic E-state index is -0.115. The molecule has 1 aliphatic rings.